The van der Waals surface area contributed by atoms with Crippen LogP contribution in [0.3, 0.4) is 0 Å². The third kappa shape index (κ3) is 5.72. The molecule has 0 saturated carbocycles. The third-order valence-electron chi connectivity index (χ3n) is 3.75. The molecule has 29 heavy (non-hydrogen) atoms. The van der Waals surface area contributed by atoms with Crippen LogP contribution in [0.15, 0.2) is 42.5 Å². The van der Waals surface area contributed by atoms with Crippen LogP contribution >= 0.6 is 23.6 Å². The molecule has 3 N–H and O–H groups in total. The number of hydrogen-bond acceptors (Lipinski definition) is 6. The molecule has 3 aromatic rings. The number of amides is 2. The van der Waals surface area contributed by atoms with Gasteiger partial charge in [-0.2, -0.15) is 0 Å². The van der Waals surface area contributed by atoms with Crippen LogP contribution in [0.1, 0.15) is 30.6 Å². The molecule has 0 atom stereocenters. The second-order valence-electron chi connectivity index (χ2n) is 6.16. The molecule has 0 aliphatic carbocycles. The van der Waals surface area contributed by atoms with Crippen molar-refractivity contribution in [2.45, 2.75) is 20.3 Å². The van der Waals surface area contributed by atoms with E-state index in [9.17, 15) is 9.59 Å². The maximum atomic E-state index is 12.4. The van der Waals surface area contributed by atoms with Gasteiger partial charge in [-0.1, -0.05) is 18.3 Å². The van der Waals surface area contributed by atoms with E-state index in [-0.39, 0.29) is 16.9 Å². The van der Waals surface area contributed by atoms with Gasteiger partial charge in [-0.05, 0) is 61.1 Å². The predicted octanol–water partition coefficient (Wildman–Crippen LogP) is 4.17. The van der Waals surface area contributed by atoms with Gasteiger partial charge in [0.2, 0.25) is 5.91 Å². The van der Waals surface area contributed by atoms with Crippen LogP contribution in [-0.4, -0.2) is 28.5 Å². The van der Waals surface area contributed by atoms with E-state index < -0.39 is 0 Å². The topological polar surface area (TPSA) is 92.3 Å². The highest BCUT2D eigenvalue weighted by molar-refractivity contribution is 7.80. The maximum Gasteiger partial charge on any atom is 0.257 e. The maximum absolute atomic E-state index is 12.4. The number of fused-ring (bicyclic) bond motifs is 1. The molecule has 1 heterocycles. The number of carbonyl (C=O) groups excluding carboxylic acids is 2. The zero-order chi connectivity index (χ0) is 20.8. The number of thiocarbonyl (C=S) groups is 1. The van der Waals surface area contributed by atoms with Crippen molar-refractivity contribution in [1.29, 1.82) is 0 Å². The Bertz CT molecular complexity index is 1050. The number of thiazole rings is 1. The van der Waals surface area contributed by atoms with Crippen LogP contribution in [-0.2, 0) is 4.79 Å². The van der Waals surface area contributed by atoms with Crippen LogP contribution in [0, 0.1) is 0 Å². The molecule has 0 radical (unpaired) electrons. The summed E-state index contributed by atoms with van der Waals surface area (Å²) in [5, 5.41) is 9.00. The molecule has 0 bridgehead atoms. The number of benzene rings is 2. The van der Waals surface area contributed by atoms with Gasteiger partial charge >= 0.3 is 0 Å². The highest BCUT2D eigenvalue weighted by Crippen LogP contribution is 2.28. The number of anilines is 2. The van der Waals surface area contributed by atoms with Crippen molar-refractivity contribution in [2.24, 2.45) is 0 Å². The molecule has 3 rings (SSSR count). The van der Waals surface area contributed by atoms with Crippen molar-refractivity contribution in [3.8, 4) is 5.75 Å². The molecule has 0 saturated heterocycles. The molecule has 0 aliphatic heterocycles. The van der Waals surface area contributed by atoms with Gasteiger partial charge < -0.3 is 15.4 Å². The summed E-state index contributed by atoms with van der Waals surface area (Å²) in [6.07, 6.45) is 0.919. The highest BCUT2D eigenvalue weighted by atomic mass is 32.1. The quantitative estimate of drug-likeness (QED) is 0.511. The molecule has 0 aliphatic rings. The van der Waals surface area contributed by atoms with Gasteiger partial charge in [-0.15, -0.1) is 0 Å². The van der Waals surface area contributed by atoms with Crippen molar-refractivity contribution in [3.63, 3.8) is 0 Å². The molecular weight excluding hydrogens is 408 g/mol. The number of rotatable bonds is 6. The Morgan fingerprint density at radius 1 is 1.14 bits per heavy atom. The summed E-state index contributed by atoms with van der Waals surface area (Å²) in [6.45, 7) is 4.12. The normalized spacial score (nSPS) is 10.4. The molecule has 0 spiro atoms. The molecule has 150 valence electrons. The first-order valence-electron chi connectivity index (χ1n) is 8.98. The lowest BCUT2D eigenvalue weighted by atomic mass is 10.2. The Labute approximate surface area is 177 Å². The minimum atomic E-state index is -0.321. The summed E-state index contributed by atoms with van der Waals surface area (Å²) < 4.78 is 6.39. The molecule has 0 unspecified atom stereocenters. The molecule has 2 amide bonds. The van der Waals surface area contributed by atoms with Gasteiger partial charge in [0.1, 0.15) is 5.75 Å². The van der Waals surface area contributed by atoms with E-state index in [1.54, 1.807) is 30.3 Å². The number of ether oxygens (including phenoxy) is 1. The van der Waals surface area contributed by atoms with Gasteiger partial charge in [0.05, 0.1) is 16.8 Å². The average Bonchev–Trinajstić information content (AvgIpc) is 3.07. The summed E-state index contributed by atoms with van der Waals surface area (Å²) >= 11 is 6.60. The van der Waals surface area contributed by atoms with E-state index in [1.807, 2.05) is 19.1 Å². The lowest BCUT2D eigenvalue weighted by Crippen LogP contribution is -2.34. The minimum Gasteiger partial charge on any atom is -0.494 e. The second-order valence-corrected chi connectivity index (χ2v) is 7.60. The second kappa shape index (κ2) is 9.44. The number of nitrogens with zero attached hydrogens (tertiary/aromatic N) is 1. The van der Waals surface area contributed by atoms with Crippen LogP contribution in [0.4, 0.5) is 10.8 Å². The predicted molar refractivity (Wildman–Crippen MR) is 120 cm³/mol. The van der Waals surface area contributed by atoms with Crippen molar-refractivity contribution < 1.29 is 14.3 Å². The lowest BCUT2D eigenvalue weighted by molar-refractivity contribution is -0.114. The molecule has 1 aromatic heterocycles. The van der Waals surface area contributed by atoms with E-state index in [0.29, 0.717) is 23.0 Å². The summed E-state index contributed by atoms with van der Waals surface area (Å²) in [4.78, 5) is 28.0. The van der Waals surface area contributed by atoms with E-state index in [4.69, 9.17) is 17.0 Å². The third-order valence-corrected chi connectivity index (χ3v) is 4.88. The van der Waals surface area contributed by atoms with Gasteiger partial charge in [0.15, 0.2) is 10.2 Å². The Kier molecular flexibility index (Phi) is 6.73. The molecular formula is C20H20N4O3S2. The van der Waals surface area contributed by atoms with Crippen LogP contribution in [0.25, 0.3) is 10.2 Å². The Balaban J connectivity index is 1.61. The van der Waals surface area contributed by atoms with Crippen molar-refractivity contribution in [1.82, 2.24) is 10.3 Å². The summed E-state index contributed by atoms with van der Waals surface area (Å²) in [7, 11) is 0. The minimum absolute atomic E-state index is 0.138. The first-order chi connectivity index (χ1) is 13.9. The lowest BCUT2D eigenvalue weighted by Gasteiger charge is -2.08. The molecule has 7 nitrogen and oxygen atoms in total. The largest absolute Gasteiger partial charge is 0.494 e. The van der Waals surface area contributed by atoms with Gasteiger partial charge in [-0.25, -0.2) is 4.98 Å². The highest BCUT2D eigenvalue weighted by Gasteiger charge is 2.11. The molecule has 9 heteroatoms. The van der Waals surface area contributed by atoms with E-state index in [2.05, 4.69) is 20.9 Å². The van der Waals surface area contributed by atoms with E-state index >= 15 is 0 Å². The zero-order valence-corrected chi connectivity index (χ0v) is 17.6. The zero-order valence-electron chi connectivity index (χ0n) is 15.9. The number of aromatic nitrogens is 1. The SMILES string of the molecule is CCCOc1ccc(C(=O)NC(=S)Nc2nc3ccc(NC(C)=O)cc3s2)cc1. The Hall–Kier alpha value is -3.04. The van der Waals surface area contributed by atoms with Gasteiger partial charge in [0, 0.05) is 18.2 Å². The monoisotopic (exact) mass is 428 g/mol. The standard InChI is InChI=1S/C20H20N4O3S2/c1-3-10-27-15-7-4-13(5-8-15)18(26)23-19(28)24-20-22-16-9-6-14(21-12(2)25)11-17(16)29-20/h4-9,11H,3,10H2,1-2H3,(H,21,25)(H2,22,23,24,26,28). The number of nitrogens with one attached hydrogen (secondary N) is 3. The number of carbonyl (C=O) groups is 2. The van der Waals surface area contributed by atoms with Gasteiger partial charge in [0.25, 0.3) is 5.91 Å². The summed E-state index contributed by atoms with van der Waals surface area (Å²) in [5.74, 6) is 0.261. The fraction of sp³-hybridized carbons (Fsp3) is 0.200. The Morgan fingerprint density at radius 2 is 1.90 bits per heavy atom. The average molecular weight is 429 g/mol. The van der Waals surface area contributed by atoms with E-state index in [0.717, 1.165) is 22.4 Å². The van der Waals surface area contributed by atoms with Crippen molar-refractivity contribution in [3.05, 3.63) is 48.0 Å². The first-order valence-corrected chi connectivity index (χ1v) is 10.2. The molecule has 2 aromatic carbocycles. The Morgan fingerprint density at radius 3 is 2.59 bits per heavy atom. The number of hydrogen-bond donors (Lipinski definition) is 3. The van der Waals surface area contributed by atoms with Crippen molar-refractivity contribution >= 4 is 61.5 Å². The smallest absolute Gasteiger partial charge is 0.257 e. The van der Waals surface area contributed by atoms with Crippen LogP contribution in [0.5, 0.6) is 5.75 Å². The van der Waals surface area contributed by atoms with Crippen LogP contribution < -0.4 is 20.7 Å². The fourth-order valence-electron chi connectivity index (χ4n) is 2.49. The summed E-state index contributed by atoms with van der Waals surface area (Å²) in [5.41, 5.74) is 1.94. The fourth-order valence-corrected chi connectivity index (χ4v) is 3.65. The van der Waals surface area contributed by atoms with Gasteiger partial charge in [-0.3, -0.25) is 14.9 Å². The van der Waals surface area contributed by atoms with Crippen LogP contribution in [0.2, 0.25) is 0 Å². The van der Waals surface area contributed by atoms with E-state index in [1.165, 1.54) is 18.3 Å². The summed E-state index contributed by atoms with van der Waals surface area (Å²) in [6, 6.07) is 12.3. The molecule has 0 fully saturated rings. The first kappa shape index (κ1) is 20.7. The van der Waals surface area contributed by atoms with Crippen molar-refractivity contribution in [2.75, 3.05) is 17.2 Å².